The van der Waals surface area contributed by atoms with Gasteiger partial charge in [-0.3, -0.25) is 9.59 Å². The average Bonchev–Trinajstić information content (AvgIpc) is 3.02. The topological polar surface area (TPSA) is 95.6 Å². The summed E-state index contributed by atoms with van der Waals surface area (Å²) in [5.41, 5.74) is 0.475. The highest BCUT2D eigenvalue weighted by molar-refractivity contribution is 7.89. The molecule has 0 saturated heterocycles. The maximum atomic E-state index is 12.8. The molecule has 0 bridgehead atoms. The number of hydrogen-bond donors (Lipinski definition) is 2. The maximum absolute atomic E-state index is 12.8. The third-order valence-corrected chi connectivity index (χ3v) is 6.49. The van der Waals surface area contributed by atoms with Gasteiger partial charge in [0, 0.05) is 37.3 Å². The van der Waals surface area contributed by atoms with Crippen molar-refractivity contribution in [3.8, 4) is 0 Å². The molecule has 1 aliphatic rings. The van der Waals surface area contributed by atoms with Crippen molar-refractivity contribution in [1.82, 2.24) is 4.72 Å². The lowest BCUT2D eigenvalue weighted by Crippen LogP contribution is -2.33. The summed E-state index contributed by atoms with van der Waals surface area (Å²) in [7, 11) is -3.91. The fourth-order valence-electron chi connectivity index (χ4n) is 3.63. The number of benzene rings is 2. The number of amides is 2. The lowest BCUT2D eigenvalue weighted by Gasteiger charge is -2.20. The summed E-state index contributed by atoms with van der Waals surface area (Å²) < 4.78 is 65.7. The molecule has 2 aromatic rings. The minimum atomic E-state index is -4.54. The number of alkyl halides is 3. The molecule has 2 aromatic carbocycles. The number of nitrogens with one attached hydrogen (secondary N) is 2. The van der Waals surface area contributed by atoms with Gasteiger partial charge in [-0.1, -0.05) is 6.07 Å². The molecule has 0 aliphatic carbocycles. The van der Waals surface area contributed by atoms with Gasteiger partial charge in [0.25, 0.3) is 0 Å². The summed E-state index contributed by atoms with van der Waals surface area (Å²) in [4.78, 5) is 25.4. The van der Waals surface area contributed by atoms with Crippen molar-refractivity contribution < 1.29 is 31.2 Å². The standard InChI is InChI=1S/C21H22F3N3O4S/c1-13-10-15-11-18(6-7-19(15)27(13)14(2)28)32(30,31)25-9-8-20(29)26-17-5-3-4-16(12-17)21(22,23)24/h3-7,11-13,25H,8-10H2,1-2H3,(H,26,29)/t13-/m1/s1. The molecule has 172 valence electrons. The molecule has 2 amide bonds. The van der Waals surface area contributed by atoms with E-state index in [9.17, 15) is 31.2 Å². The number of fused-ring (bicyclic) bond motifs is 1. The lowest BCUT2D eigenvalue weighted by atomic mass is 10.1. The van der Waals surface area contributed by atoms with Crippen molar-refractivity contribution in [3.63, 3.8) is 0 Å². The van der Waals surface area contributed by atoms with Gasteiger partial charge in [0.15, 0.2) is 0 Å². The van der Waals surface area contributed by atoms with Crippen LogP contribution >= 0.6 is 0 Å². The zero-order valence-electron chi connectivity index (χ0n) is 17.4. The minimum Gasteiger partial charge on any atom is -0.326 e. The van der Waals surface area contributed by atoms with Gasteiger partial charge in [-0.2, -0.15) is 13.2 Å². The van der Waals surface area contributed by atoms with Gasteiger partial charge < -0.3 is 10.2 Å². The molecule has 3 rings (SSSR count). The van der Waals surface area contributed by atoms with Crippen LogP contribution < -0.4 is 14.9 Å². The summed E-state index contributed by atoms with van der Waals surface area (Å²) in [6.45, 7) is 3.08. The van der Waals surface area contributed by atoms with Crippen LogP contribution in [0.4, 0.5) is 24.5 Å². The van der Waals surface area contributed by atoms with Gasteiger partial charge in [-0.15, -0.1) is 0 Å². The molecule has 0 radical (unpaired) electrons. The first-order chi connectivity index (χ1) is 14.9. The van der Waals surface area contributed by atoms with Crippen LogP contribution in [0.2, 0.25) is 0 Å². The van der Waals surface area contributed by atoms with Crippen molar-refractivity contribution in [2.75, 3.05) is 16.8 Å². The van der Waals surface area contributed by atoms with Gasteiger partial charge in [0.2, 0.25) is 21.8 Å². The van der Waals surface area contributed by atoms with Crippen LogP contribution in [0, 0.1) is 0 Å². The van der Waals surface area contributed by atoms with E-state index < -0.39 is 27.7 Å². The molecular weight excluding hydrogens is 447 g/mol. The second-order valence-electron chi connectivity index (χ2n) is 7.51. The maximum Gasteiger partial charge on any atom is 0.416 e. The van der Waals surface area contributed by atoms with E-state index in [1.54, 1.807) is 11.0 Å². The number of hydrogen-bond acceptors (Lipinski definition) is 4. The van der Waals surface area contributed by atoms with E-state index in [2.05, 4.69) is 10.0 Å². The van der Waals surface area contributed by atoms with Gasteiger partial charge in [-0.05, 0) is 55.3 Å². The van der Waals surface area contributed by atoms with Crippen LogP contribution in [0.3, 0.4) is 0 Å². The van der Waals surface area contributed by atoms with E-state index in [1.807, 2.05) is 6.92 Å². The van der Waals surface area contributed by atoms with Gasteiger partial charge >= 0.3 is 6.18 Å². The monoisotopic (exact) mass is 469 g/mol. The Kier molecular flexibility index (Phi) is 6.61. The third kappa shape index (κ3) is 5.28. The third-order valence-electron chi connectivity index (χ3n) is 5.03. The van der Waals surface area contributed by atoms with Crippen molar-refractivity contribution in [1.29, 1.82) is 0 Å². The summed E-state index contributed by atoms with van der Waals surface area (Å²) in [5, 5.41) is 2.32. The summed E-state index contributed by atoms with van der Waals surface area (Å²) in [6, 6.07) is 8.56. The Balaban J connectivity index is 1.60. The molecule has 32 heavy (non-hydrogen) atoms. The van der Waals surface area contributed by atoms with Crippen LogP contribution in [-0.2, 0) is 32.2 Å². The molecular formula is C21H22F3N3O4S. The predicted octanol–water partition coefficient (Wildman–Crippen LogP) is 3.31. The second-order valence-corrected chi connectivity index (χ2v) is 9.27. The number of rotatable bonds is 6. The van der Waals surface area contributed by atoms with Crippen molar-refractivity contribution in [3.05, 3.63) is 53.6 Å². The molecule has 1 aliphatic heterocycles. The Morgan fingerprint density at radius 2 is 1.88 bits per heavy atom. The fraction of sp³-hybridized carbons (Fsp3) is 0.333. The minimum absolute atomic E-state index is 0.00661. The quantitative estimate of drug-likeness (QED) is 0.679. The number of carbonyl (C=O) groups excluding carboxylic acids is 2. The van der Waals surface area contributed by atoms with E-state index in [4.69, 9.17) is 0 Å². The molecule has 0 saturated carbocycles. The van der Waals surface area contributed by atoms with Crippen LogP contribution in [-0.4, -0.2) is 32.8 Å². The average molecular weight is 469 g/mol. The Morgan fingerprint density at radius 1 is 1.16 bits per heavy atom. The lowest BCUT2D eigenvalue weighted by molar-refractivity contribution is -0.137. The predicted molar refractivity (Wildman–Crippen MR) is 113 cm³/mol. The number of nitrogens with zero attached hydrogens (tertiary/aromatic N) is 1. The Labute approximate surface area is 183 Å². The SMILES string of the molecule is CC(=O)N1c2ccc(S(=O)(=O)NCCC(=O)Nc3cccc(C(F)(F)F)c3)cc2C[C@H]1C. The Morgan fingerprint density at radius 3 is 2.53 bits per heavy atom. The summed E-state index contributed by atoms with van der Waals surface area (Å²) >= 11 is 0. The summed E-state index contributed by atoms with van der Waals surface area (Å²) in [5.74, 6) is -0.760. The number of anilines is 2. The molecule has 0 unspecified atom stereocenters. The highest BCUT2D eigenvalue weighted by Gasteiger charge is 2.31. The van der Waals surface area contributed by atoms with E-state index >= 15 is 0 Å². The molecule has 0 fully saturated rings. The highest BCUT2D eigenvalue weighted by atomic mass is 32.2. The van der Waals surface area contributed by atoms with E-state index in [0.717, 1.165) is 17.7 Å². The largest absolute Gasteiger partial charge is 0.416 e. The van der Waals surface area contributed by atoms with Gasteiger partial charge in [-0.25, -0.2) is 13.1 Å². The van der Waals surface area contributed by atoms with Crippen molar-refractivity contribution >= 4 is 33.2 Å². The highest BCUT2D eigenvalue weighted by Crippen LogP contribution is 2.34. The normalized spacial score (nSPS) is 16.0. The Bertz CT molecular complexity index is 1150. The van der Waals surface area contributed by atoms with Gasteiger partial charge in [0.05, 0.1) is 10.5 Å². The first kappa shape index (κ1) is 23.7. The molecule has 11 heteroatoms. The van der Waals surface area contributed by atoms with Crippen LogP contribution in [0.15, 0.2) is 47.4 Å². The first-order valence-corrected chi connectivity index (χ1v) is 11.3. The van der Waals surface area contributed by atoms with Crippen LogP contribution in [0.1, 0.15) is 31.4 Å². The number of halogens is 3. The smallest absolute Gasteiger partial charge is 0.326 e. The van der Waals surface area contributed by atoms with E-state index in [0.29, 0.717) is 12.1 Å². The van der Waals surface area contributed by atoms with E-state index in [1.165, 1.54) is 31.2 Å². The van der Waals surface area contributed by atoms with Crippen molar-refractivity contribution in [2.45, 2.75) is 43.8 Å². The number of carbonyl (C=O) groups is 2. The molecule has 2 N–H and O–H groups in total. The Hall–Kier alpha value is -2.92. The van der Waals surface area contributed by atoms with Crippen molar-refractivity contribution in [2.24, 2.45) is 0 Å². The number of sulfonamides is 1. The zero-order chi connectivity index (χ0) is 23.7. The molecule has 1 heterocycles. The fourth-order valence-corrected chi connectivity index (χ4v) is 4.72. The van der Waals surface area contributed by atoms with Crippen LogP contribution in [0.5, 0.6) is 0 Å². The summed E-state index contributed by atoms with van der Waals surface area (Å²) in [6.07, 6.45) is -4.28. The molecule has 1 atom stereocenters. The van der Waals surface area contributed by atoms with E-state index in [-0.39, 0.29) is 35.5 Å². The second kappa shape index (κ2) is 8.91. The van der Waals surface area contributed by atoms with Crippen LogP contribution in [0.25, 0.3) is 0 Å². The molecule has 0 spiro atoms. The zero-order valence-corrected chi connectivity index (χ0v) is 18.2. The first-order valence-electron chi connectivity index (χ1n) is 9.78. The molecule has 0 aromatic heterocycles. The molecule has 7 nitrogen and oxygen atoms in total. The van der Waals surface area contributed by atoms with Gasteiger partial charge in [0.1, 0.15) is 0 Å².